The molecule has 0 spiro atoms. The van der Waals surface area contributed by atoms with Gasteiger partial charge in [-0.15, -0.1) is 11.6 Å². The molecule has 1 fully saturated rings. The van der Waals surface area contributed by atoms with E-state index in [-0.39, 0.29) is 24.6 Å². The standard InChI is InChI=1S/C12H20ClN3O4/c1-2-20-12(19)16-7-3-9(4-8-16)15-11(18)10(17)14-6-5-13/h9H,2-8H2,1H3,(H,14,17)(H,15,18). The van der Waals surface area contributed by atoms with Crippen LogP contribution >= 0.6 is 11.6 Å². The molecule has 20 heavy (non-hydrogen) atoms. The maximum absolute atomic E-state index is 11.6. The van der Waals surface area contributed by atoms with Crippen LogP contribution in [0, 0.1) is 0 Å². The molecular formula is C12H20ClN3O4. The molecule has 0 unspecified atom stereocenters. The van der Waals surface area contributed by atoms with E-state index < -0.39 is 11.8 Å². The fraction of sp³-hybridized carbons (Fsp3) is 0.750. The van der Waals surface area contributed by atoms with Gasteiger partial charge in [-0.3, -0.25) is 9.59 Å². The van der Waals surface area contributed by atoms with Crippen molar-refractivity contribution in [1.82, 2.24) is 15.5 Å². The van der Waals surface area contributed by atoms with E-state index >= 15 is 0 Å². The topological polar surface area (TPSA) is 87.7 Å². The minimum atomic E-state index is -0.682. The van der Waals surface area contributed by atoms with Gasteiger partial charge >= 0.3 is 17.9 Å². The predicted octanol–water partition coefficient (Wildman–Crippen LogP) is 0.0785. The highest BCUT2D eigenvalue weighted by molar-refractivity contribution is 6.35. The van der Waals surface area contributed by atoms with Crippen LogP contribution in [-0.2, 0) is 14.3 Å². The van der Waals surface area contributed by atoms with Gasteiger partial charge in [-0.1, -0.05) is 0 Å². The lowest BCUT2D eigenvalue weighted by Crippen LogP contribution is -2.50. The van der Waals surface area contributed by atoms with Crippen molar-refractivity contribution in [2.24, 2.45) is 0 Å². The number of nitrogens with one attached hydrogen (secondary N) is 2. The summed E-state index contributed by atoms with van der Waals surface area (Å²) in [6.45, 7) is 3.37. The van der Waals surface area contributed by atoms with E-state index in [1.807, 2.05) is 0 Å². The van der Waals surface area contributed by atoms with E-state index in [2.05, 4.69) is 10.6 Å². The number of carbonyl (C=O) groups is 3. The molecule has 1 heterocycles. The Morgan fingerprint density at radius 3 is 2.45 bits per heavy atom. The van der Waals surface area contributed by atoms with Crippen molar-refractivity contribution in [1.29, 1.82) is 0 Å². The van der Waals surface area contributed by atoms with Gasteiger partial charge in [0.1, 0.15) is 0 Å². The molecule has 0 aromatic heterocycles. The van der Waals surface area contributed by atoms with E-state index in [1.54, 1.807) is 11.8 Å². The molecule has 0 radical (unpaired) electrons. The third kappa shape index (κ3) is 5.24. The van der Waals surface area contributed by atoms with Gasteiger partial charge < -0.3 is 20.3 Å². The molecule has 0 saturated carbocycles. The summed E-state index contributed by atoms with van der Waals surface area (Å²) < 4.78 is 4.90. The summed E-state index contributed by atoms with van der Waals surface area (Å²) in [5, 5.41) is 5.04. The van der Waals surface area contributed by atoms with E-state index in [4.69, 9.17) is 16.3 Å². The van der Waals surface area contributed by atoms with E-state index in [1.165, 1.54) is 0 Å². The first-order chi connectivity index (χ1) is 9.58. The fourth-order valence-corrected chi connectivity index (χ4v) is 2.01. The van der Waals surface area contributed by atoms with Crippen molar-refractivity contribution in [3.8, 4) is 0 Å². The van der Waals surface area contributed by atoms with Crippen LogP contribution in [0.5, 0.6) is 0 Å². The molecule has 0 aromatic rings. The van der Waals surface area contributed by atoms with Crippen molar-refractivity contribution in [3.05, 3.63) is 0 Å². The number of halogens is 1. The summed E-state index contributed by atoms with van der Waals surface area (Å²) in [6, 6.07) is -0.102. The lowest BCUT2D eigenvalue weighted by molar-refractivity contribution is -0.139. The van der Waals surface area contributed by atoms with Crippen molar-refractivity contribution in [2.75, 3.05) is 32.1 Å². The molecule has 0 bridgehead atoms. The third-order valence-electron chi connectivity index (χ3n) is 2.94. The number of alkyl halides is 1. The zero-order valence-electron chi connectivity index (χ0n) is 11.5. The summed E-state index contributed by atoms with van der Waals surface area (Å²) in [4.78, 5) is 36.0. The zero-order chi connectivity index (χ0) is 15.0. The molecule has 0 atom stereocenters. The van der Waals surface area contributed by atoms with E-state index in [0.717, 1.165) is 0 Å². The third-order valence-corrected chi connectivity index (χ3v) is 3.13. The maximum Gasteiger partial charge on any atom is 0.409 e. The number of hydrogen-bond acceptors (Lipinski definition) is 4. The normalized spacial score (nSPS) is 15.6. The molecule has 1 rings (SSSR count). The second kappa shape index (κ2) is 8.63. The maximum atomic E-state index is 11.6. The SMILES string of the molecule is CCOC(=O)N1CCC(NC(=O)C(=O)NCCCl)CC1. The van der Waals surface area contributed by atoms with Crippen molar-refractivity contribution < 1.29 is 19.1 Å². The summed E-state index contributed by atoms with van der Waals surface area (Å²) in [7, 11) is 0. The molecule has 3 amide bonds. The van der Waals surface area contributed by atoms with Gasteiger partial charge in [-0.05, 0) is 19.8 Å². The van der Waals surface area contributed by atoms with Crippen LogP contribution in [0.25, 0.3) is 0 Å². The van der Waals surface area contributed by atoms with Gasteiger partial charge in [0.2, 0.25) is 0 Å². The zero-order valence-corrected chi connectivity index (χ0v) is 12.2. The van der Waals surface area contributed by atoms with Gasteiger partial charge in [-0.2, -0.15) is 0 Å². The molecule has 0 aliphatic carbocycles. The summed E-state index contributed by atoms with van der Waals surface area (Å²) in [5.74, 6) is -1.08. The van der Waals surface area contributed by atoms with Gasteiger partial charge in [0.25, 0.3) is 0 Å². The second-order valence-electron chi connectivity index (χ2n) is 4.38. The first kappa shape index (κ1) is 16.6. The number of piperidine rings is 1. The minimum Gasteiger partial charge on any atom is -0.450 e. The number of hydrogen-bond donors (Lipinski definition) is 2. The summed E-state index contributed by atoms with van der Waals surface area (Å²) in [5.41, 5.74) is 0. The Bertz CT molecular complexity index is 357. The summed E-state index contributed by atoms with van der Waals surface area (Å²) >= 11 is 5.42. The number of rotatable bonds is 4. The van der Waals surface area contributed by atoms with Crippen molar-refractivity contribution >= 4 is 29.5 Å². The average Bonchev–Trinajstić information content (AvgIpc) is 2.45. The fourth-order valence-electron chi connectivity index (χ4n) is 1.91. The van der Waals surface area contributed by atoms with Crippen LogP contribution in [0.4, 0.5) is 4.79 Å². The lowest BCUT2D eigenvalue weighted by atomic mass is 10.1. The molecule has 7 nitrogen and oxygen atoms in total. The smallest absolute Gasteiger partial charge is 0.409 e. The highest BCUT2D eigenvalue weighted by atomic mass is 35.5. The van der Waals surface area contributed by atoms with Crippen LogP contribution < -0.4 is 10.6 Å². The van der Waals surface area contributed by atoms with Gasteiger partial charge in [-0.25, -0.2) is 4.79 Å². The van der Waals surface area contributed by atoms with E-state index in [9.17, 15) is 14.4 Å². The van der Waals surface area contributed by atoms with Crippen LogP contribution in [0.3, 0.4) is 0 Å². The van der Waals surface area contributed by atoms with Crippen molar-refractivity contribution in [2.45, 2.75) is 25.8 Å². The highest BCUT2D eigenvalue weighted by Crippen LogP contribution is 2.11. The average molecular weight is 306 g/mol. The Balaban J connectivity index is 2.30. The molecule has 8 heteroatoms. The Hall–Kier alpha value is -1.50. The molecular weight excluding hydrogens is 286 g/mol. The number of ether oxygens (including phenoxy) is 1. The predicted molar refractivity (Wildman–Crippen MR) is 73.5 cm³/mol. The first-order valence-corrected chi connectivity index (χ1v) is 7.18. The largest absolute Gasteiger partial charge is 0.450 e. The Kier molecular flexibility index (Phi) is 7.14. The first-order valence-electron chi connectivity index (χ1n) is 6.64. The van der Waals surface area contributed by atoms with Crippen LogP contribution in [0.1, 0.15) is 19.8 Å². The Labute approximate surface area is 123 Å². The number of amides is 3. The minimum absolute atomic E-state index is 0.102. The number of nitrogens with zero attached hydrogens (tertiary/aromatic N) is 1. The molecule has 0 aromatic carbocycles. The molecule has 1 aliphatic heterocycles. The monoisotopic (exact) mass is 305 g/mol. The molecule has 2 N–H and O–H groups in total. The number of likely N-dealkylation sites (tertiary alicyclic amines) is 1. The quantitative estimate of drug-likeness (QED) is 0.569. The van der Waals surface area contributed by atoms with Gasteiger partial charge in [0.15, 0.2) is 0 Å². The Morgan fingerprint density at radius 2 is 1.90 bits per heavy atom. The Morgan fingerprint density at radius 1 is 1.25 bits per heavy atom. The van der Waals surface area contributed by atoms with E-state index in [0.29, 0.717) is 32.5 Å². The molecule has 1 saturated heterocycles. The molecule has 1 aliphatic rings. The lowest BCUT2D eigenvalue weighted by Gasteiger charge is -2.31. The molecule has 114 valence electrons. The van der Waals surface area contributed by atoms with Crippen molar-refractivity contribution in [3.63, 3.8) is 0 Å². The van der Waals surface area contributed by atoms with Crippen LogP contribution in [0.2, 0.25) is 0 Å². The van der Waals surface area contributed by atoms with Gasteiger partial charge in [0.05, 0.1) is 6.61 Å². The van der Waals surface area contributed by atoms with Gasteiger partial charge in [0, 0.05) is 31.6 Å². The summed E-state index contributed by atoms with van der Waals surface area (Å²) in [6.07, 6.45) is 0.873. The van der Waals surface area contributed by atoms with Crippen LogP contribution in [-0.4, -0.2) is 61.0 Å². The number of carbonyl (C=O) groups excluding carboxylic acids is 3. The second-order valence-corrected chi connectivity index (χ2v) is 4.76. The highest BCUT2D eigenvalue weighted by Gasteiger charge is 2.26. The van der Waals surface area contributed by atoms with Crippen LogP contribution in [0.15, 0.2) is 0 Å².